The van der Waals surface area contributed by atoms with Crippen LogP contribution in [-0.4, -0.2) is 26.1 Å². The van der Waals surface area contributed by atoms with Gasteiger partial charge in [-0.15, -0.1) is 0 Å². The number of amides is 1. The van der Waals surface area contributed by atoms with Crippen molar-refractivity contribution >= 4 is 11.7 Å². The lowest BCUT2D eigenvalue weighted by Crippen LogP contribution is -2.27. The molecule has 7 nitrogen and oxygen atoms in total. The second kappa shape index (κ2) is 5.16. The van der Waals surface area contributed by atoms with Crippen LogP contribution in [0.15, 0.2) is 10.9 Å². The molecule has 0 radical (unpaired) electrons. The second-order valence-electron chi connectivity index (χ2n) is 5.27. The van der Waals surface area contributed by atoms with Gasteiger partial charge in [-0.05, 0) is 26.2 Å². The van der Waals surface area contributed by atoms with Crippen LogP contribution >= 0.6 is 0 Å². The van der Waals surface area contributed by atoms with Gasteiger partial charge in [-0.25, -0.2) is 4.98 Å². The molecule has 3 rings (SSSR count). The van der Waals surface area contributed by atoms with E-state index in [0.29, 0.717) is 23.3 Å². The number of nitrogens with zero attached hydrogens (tertiary/aromatic N) is 2. The van der Waals surface area contributed by atoms with Gasteiger partial charge in [0, 0.05) is 17.7 Å². The van der Waals surface area contributed by atoms with Crippen LogP contribution < -0.4 is 10.9 Å². The standard InChI is InChI=1S/C14H17N5O2/c1-3-9-6-10(19-18-9)16-13(20)11-7(2)15-12(8-4-5-8)17-14(11)21/h6,8H,3-5H2,1-2H3,(H,15,17,21)(H2,16,18,19,20). The van der Waals surface area contributed by atoms with Crippen LogP contribution in [-0.2, 0) is 6.42 Å². The molecule has 110 valence electrons. The third-order valence-electron chi connectivity index (χ3n) is 3.56. The Bertz CT molecular complexity index is 742. The van der Waals surface area contributed by atoms with E-state index in [2.05, 4.69) is 25.5 Å². The van der Waals surface area contributed by atoms with Gasteiger partial charge in [-0.1, -0.05) is 6.92 Å². The fourth-order valence-electron chi connectivity index (χ4n) is 2.21. The molecule has 1 saturated carbocycles. The van der Waals surface area contributed by atoms with Gasteiger partial charge < -0.3 is 10.3 Å². The first-order valence-electron chi connectivity index (χ1n) is 7.05. The Morgan fingerprint density at radius 2 is 2.24 bits per heavy atom. The summed E-state index contributed by atoms with van der Waals surface area (Å²) in [5.41, 5.74) is 1.01. The number of hydrogen-bond acceptors (Lipinski definition) is 4. The molecule has 0 bridgehead atoms. The normalized spacial score (nSPS) is 14.2. The molecule has 0 atom stereocenters. The van der Waals surface area contributed by atoms with Crippen LogP contribution in [0.3, 0.4) is 0 Å². The molecular formula is C14H17N5O2. The maximum atomic E-state index is 12.2. The smallest absolute Gasteiger partial charge is 0.264 e. The maximum Gasteiger partial charge on any atom is 0.264 e. The third-order valence-corrected chi connectivity index (χ3v) is 3.56. The summed E-state index contributed by atoms with van der Waals surface area (Å²) in [4.78, 5) is 31.4. The van der Waals surface area contributed by atoms with E-state index >= 15 is 0 Å². The molecule has 0 unspecified atom stereocenters. The molecule has 0 aromatic carbocycles. The number of carbonyl (C=O) groups excluding carboxylic acids is 1. The van der Waals surface area contributed by atoms with Gasteiger partial charge in [0.15, 0.2) is 5.82 Å². The summed E-state index contributed by atoms with van der Waals surface area (Å²) in [5, 5.41) is 9.40. The van der Waals surface area contributed by atoms with Crippen LogP contribution in [0.1, 0.15) is 53.3 Å². The molecular weight excluding hydrogens is 270 g/mol. The van der Waals surface area contributed by atoms with Crippen molar-refractivity contribution in [2.75, 3.05) is 5.32 Å². The van der Waals surface area contributed by atoms with Crippen molar-refractivity contribution in [1.29, 1.82) is 0 Å². The van der Waals surface area contributed by atoms with Crippen molar-refractivity contribution in [1.82, 2.24) is 20.2 Å². The molecule has 0 saturated heterocycles. The predicted molar refractivity (Wildman–Crippen MR) is 77.5 cm³/mol. The molecule has 2 heterocycles. The number of aromatic amines is 2. The molecule has 2 aromatic heterocycles. The van der Waals surface area contributed by atoms with E-state index in [1.807, 2.05) is 6.92 Å². The van der Waals surface area contributed by atoms with Crippen LogP contribution in [0.5, 0.6) is 0 Å². The Labute approximate surface area is 121 Å². The quantitative estimate of drug-likeness (QED) is 0.792. The summed E-state index contributed by atoms with van der Waals surface area (Å²) in [5.74, 6) is 0.939. The monoisotopic (exact) mass is 287 g/mol. The Morgan fingerprint density at radius 3 is 2.81 bits per heavy atom. The Kier molecular flexibility index (Phi) is 3.32. The van der Waals surface area contributed by atoms with Gasteiger partial charge in [0.2, 0.25) is 0 Å². The van der Waals surface area contributed by atoms with Gasteiger partial charge >= 0.3 is 0 Å². The molecule has 3 N–H and O–H groups in total. The van der Waals surface area contributed by atoms with Crippen LogP contribution in [0.25, 0.3) is 0 Å². The van der Waals surface area contributed by atoms with E-state index in [1.54, 1.807) is 13.0 Å². The van der Waals surface area contributed by atoms with Gasteiger partial charge in [0.1, 0.15) is 11.4 Å². The highest BCUT2D eigenvalue weighted by Crippen LogP contribution is 2.37. The molecule has 7 heteroatoms. The van der Waals surface area contributed by atoms with E-state index in [1.165, 1.54) is 0 Å². The summed E-state index contributed by atoms with van der Waals surface area (Å²) >= 11 is 0. The minimum atomic E-state index is -0.488. The van der Waals surface area contributed by atoms with Gasteiger partial charge in [-0.3, -0.25) is 14.7 Å². The molecule has 0 spiro atoms. The number of aryl methyl sites for hydroxylation is 2. The van der Waals surface area contributed by atoms with Crippen molar-refractivity contribution in [3.05, 3.63) is 39.2 Å². The topological polar surface area (TPSA) is 104 Å². The van der Waals surface area contributed by atoms with E-state index < -0.39 is 11.5 Å². The fourth-order valence-corrected chi connectivity index (χ4v) is 2.21. The lowest BCUT2D eigenvalue weighted by atomic mass is 10.2. The first kappa shape index (κ1) is 13.5. The van der Waals surface area contributed by atoms with Crippen LogP contribution in [0.2, 0.25) is 0 Å². The summed E-state index contributed by atoms with van der Waals surface area (Å²) in [6.45, 7) is 3.66. The summed E-state index contributed by atoms with van der Waals surface area (Å²) < 4.78 is 0. The second-order valence-corrected chi connectivity index (χ2v) is 5.27. The molecule has 1 amide bonds. The summed E-state index contributed by atoms with van der Waals surface area (Å²) in [7, 11) is 0. The Balaban J connectivity index is 1.85. The van der Waals surface area contributed by atoms with E-state index in [-0.39, 0.29) is 5.56 Å². The highest BCUT2D eigenvalue weighted by Gasteiger charge is 2.28. The number of rotatable bonds is 4. The molecule has 1 aliphatic carbocycles. The number of anilines is 1. The largest absolute Gasteiger partial charge is 0.310 e. The lowest BCUT2D eigenvalue weighted by Gasteiger charge is -2.06. The zero-order valence-corrected chi connectivity index (χ0v) is 12.0. The predicted octanol–water partition coefficient (Wildman–Crippen LogP) is 1.49. The van der Waals surface area contributed by atoms with Crippen molar-refractivity contribution < 1.29 is 4.79 Å². The number of hydrogen-bond donors (Lipinski definition) is 3. The van der Waals surface area contributed by atoms with Crippen molar-refractivity contribution in [3.8, 4) is 0 Å². The first-order chi connectivity index (χ1) is 10.1. The molecule has 1 fully saturated rings. The summed E-state index contributed by atoms with van der Waals surface area (Å²) in [6, 6.07) is 1.74. The number of H-pyrrole nitrogens is 2. The highest BCUT2D eigenvalue weighted by atomic mass is 16.2. The van der Waals surface area contributed by atoms with Crippen LogP contribution in [0, 0.1) is 6.92 Å². The zero-order valence-electron chi connectivity index (χ0n) is 12.0. The van der Waals surface area contributed by atoms with Crippen molar-refractivity contribution in [2.24, 2.45) is 0 Å². The minimum Gasteiger partial charge on any atom is -0.310 e. The Morgan fingerprint density at radius 1 is 1.48 bits per heavy atom. The number of carbonyl (C=O) groups is 1. The fraction of sp³-hybridized carbons (Fsp3) is 0.429. The SMILES string of the molecule is CCc1cc(NC(=O)c2c(C)nc(C3CC3)[nH]c2=O)n[nH]1. The van der Waals surface area contributed by atoms with Gasteiger partial charge in [0.05, 0.1) is 5.69 Å². The number of aromatic nitrogens is 4. The lowest BCUT2D eigenvalue weighted by molar-refractivity contribution is 0.102. The Hall–Kier alpha value is -2.44. The molecule has 2 aromatic rings. The minimum absolute atomic E-state index is 0.0421. The van der Waals surface area contributed by atoms with E-state index in [0.717, 1.165) is 25.0 Å². The highest BCUT2D eigenvalue weighted by molar-refractivity contribution is 6.04. The van der Waals surface area contributed by atoms with Crippen molar-refractivity contribution in [2.45, 2.75) is 39.0 Å². The van der Waals surface area contributed by atoms with E-state index in [4.69, 9.17) is 0 Å². The van der Waals surface area contributed by atoms with Gasteiger partial charge in [0.25, 0.3) is 11.5 Å². The average molecular weight is 287 g/mol. The van der Waals surface area contributed by atoms with Crippen LogP contribution in [0.4, 0.5) is 5.82 Å². The third kappa shape index (κ3) is 2.72. The van der Waals surface area contributed by atoms with Crippen molar-refractivity contribution in [3.63, 3.8) is 0 Å². The van der Waals surface area contributed by atoms with E-state index in [9.17, 15) is 9.59 Å². The molecule has 21 heavy (non-hydrogen) atoms. The zero-order chi connectivity index (χ0) is 15.0. The van der Waals surface area contributed by atoms with Gasteiger partial charge in [-0.2, -0.15) is 5.10 Å². The maximum absolute atomic E-state index is 12.2. The average Bonchev–Trinajstić information content (AvgIpc) is 3.19. The summed E-state index contributed by atoms with van der Waals surface area (Å²) in [6.07, 6.45) is 2.88. The number of nitrogens with one attached hydrogen (secondary N) is 3. The first-order valence-corrected chi connectivity index (χ1v) is 7.05. The molecule has 0 aliphatic heterocycles. The molecule has 1 aliphatic rings.